The first kappa shape index (κ1) is 15.0. The Morgan fingerprint density at radius 1 is 1.60 bits per heavy atom. The SMILES string of the molecule is Cc1cc(NC(=O)CN(C)[C@H]2CCS(=O)(=O)C2)n(C)n1. The van der Waals surface area contributed by atoms with E-state index in [9.17, 15) is 13.2 Å². The zero-order chi connectivity index (χ0) is 14.9. The molecule has 1 aliphatic heterocycles. The van der Waals surface area contributed by atoms with E-state index in [4.69, 9.17) is 0 Å². The smallest absolute Gasteiger partial charge is 0.239 e. The Labute approximate surface area is 118 Å². The van der Waals surface area contributed by atoms with Crippen molar-refractivity contribution in [1.29, 1.82) is 0 Å². The minimum absolute atomic E-state index is 0.0703. The molecule has 0 unspecified atom stereocenters. The van der Waals surface area contributed by atoms with Gasteiger partial charge in [-0.25, -0.2) is 8.42 Å². The summed E-state index contributed by atoms with van der Waals surface area (Å²) in [5, 5.41) is 6.93. The van der Waals surface area contributed by atoms with E-state index in [0.29, 0.717) is 12.2 Å². The molecule has 1 fully saturated rings. The fourth-order valence-electron chi connectivity index (χ4n) is 2.39. The minimum atomic E-state index is -2.93. The molecule has 2 rings (SSSR count). The van der Waals surface area contributed by atoms with Gasteiger partial charge in [0.25, 0.3) is 0 Å². The fourth-order valence-corrected chi connectivity index (χ4v) is 4.19. The second-order valence-corrected chi connectivity index (χ2v) is 7.54. The van der Waals surface area contributed by atoms with Crippen LogP contribution in [0.25, 0.3) is 0 Å². The van der Waals surface area contributed by atoms with Gasteiger partial charge in [0, 0.05) is 19.2 Å². The molecule has 8 heteroatoms. The van der Waals surface area contributed by atoms with Crippen LogP contribution in [0.5, 0.6) is 0 Å². The van der Waals surface area contributed by atoms with Crippen molar-refractivity contribution in [2.45, 2.75) is 19.4 Å². The van der Waals surface area contributed by atoms with E-state index in [2.05, 4.69) is 10.4 Å². The Morgan fingerprint density at radius 3 is 2.80 bits per heavy atom. The Hall–Kier alpha value is -1.41. The van der Waals surface area contributed by atoms with Crippen LogP contribution in [-0.2, 0) is 21.7 Å². The van der Waals surface area contributed by atoms with Crippen molar-refractivity contribution in [3.05, 3.63) is 11.8 Å². The van der Waals surface area contributed by atoms with Crippen molar-refractivity contribution in [3.63, 3.8) is 0 Å². The number of hydrogen-bond acceptors (Lipinski definition) is 5. The molecule has 0 bridgehead atoms. The molecule has 112 valence electrons. The Morgan fingerprint density at radius 2 is 2.30 bits per heavy atom. The van der Waals surface area contributed by atoms with Crippen LogP contribution in [0, 0.1) is 6.92 Å². The van der Waals surface area contributed by atoms with Crippen LogP contribution in [-0.4, -0.2) is 60.1 Å². The number of hydrogen-bond donors (Lipinski definition) is 1. The highest BCUT2D eigenvalue weighted by Crippen LogP contribution is 2.16. The molecule has 0 spiro atoms. The standard InChI is InChI=1S/C12H20N4O3S/c1-9-6-11(16(3)14-9)13-12(17)7-15(2)10-4-5-20(18,19)8-10/h6,10H,4-5,7-8H2,1-3H3,(H,13,17)/t10-/m0/s1. The van der Waals surface area contributed by atoms with Gasteiger partial charge in [-0.3, -0.25) is 14.4 Å². The number of likely N-dealkylation sites (N-methyl/N-ethyl adjacent to an activating group) is 1. The number of rotatable bonds is 4. The zero-order valence-corrected chi connectivity index (χ0v) is 12.8. The summed E-state index contributed by atoms with van der Waals surface area (Å²) in [7, 11) is 0.611. The molecule has 1 aromatic rings. The van der Waals surface area contributed by atoms with Crippen molar-refractivity contribution in [2.75, 3.05) is 30.4 Å². The lowest BCUT2D eigenvalue weighted by Gasteiger charge is -2.22. The minimum Gasteiger partial charge on any atom is -0.310 e. The predicted molar refractivity (Wildman–Crippen MR) is 76.3 cm³/mol. The highest BCUT2D eigenvalue weighted by Gasteiger charge is 2.31. The van der Waals surface area contributed by atoms with Crippen LogP contribution in [0.1, 0.15) is 12.1 Å². The van der Waals surface area contributed by atoms with E-state index >= 15 is 0 Å². The summed E-state index contributed by atoms with van der Waals surface area (Å²) in [6, 6.07) is 1.72. The van der Waals surface area contributed by atoms with Crippen molar-refractivity contribution >= 4 is 21.6 Å². The maximum absolute atomic E-state index is 12.0. The van der Waals surface area contributed by atoms with Crippen molar-refractivity contribution in [3.8, 4) is 0 Å². The molecule has 20 heavy (non-hydrogen) atoms. The summed E-state index contributed by atoms with van der Waals surface area (Å²) in [5.74, 6) is 0.825. The summed E-state index contributed by atoms with van der Waals surface area (Å²) in [6.45, 7) is 2.02. The van der Waals surface area contributed by atoms with Crippen molar-refractivity contribution < 1.29 is 13.2 Å². The number of aryl methyl sites for hydroxylation is 2. The molecule has 1 saturated heterocycles. The highest BCUT2D eigenvalue weighted by molar-refractivity contribution is 7.91. The predicted octanol–water partition coefficient (Wildman–Crippen LogP) is -0.214. The van der Waals surface area contributed by atoms with Gasteiger partial charge in [-0.1, -0.05) is 0 Å². The quantitative estimate of drug-likeness (QED) is 0.831. The van der Waals surface area contributed by atoms with Gasteiger partial charge in [-0.05, 0) is 20.4 Å². The summed E-state index contributed by atoms with van der Waals surface area (Å²) >= 11 is 0. The normalized spacial score (nSPS) is 21.3. The number of sulfone groups is 1. The van der Waals surface area contributed by atoms with Gasteiger partial charge in [0.1, 0.15) is 5.82 Å². The van der Waals surface area contributed by atoms with E-state index in [-0.39, 0.29) is 30.0 Å². The average molecular weight is 300 g/mol. The molecule has 0 radical (unpaired) electrons. The maximum atomic E-state index is 12.0. The average Bonchev–Trinajstić information content (AvgIpc) is 2.82. The van der Waals surface area contributed by atoms with Crippen molar-refractivity contribution in [1.82, 2.24) is 14.7 Å². The molecule has 1 amide bonds. The van der Waals surface area contributed by atoms with E-state index in [1.54, 1.807) is 29.7 Å². The van der Waals surface area contributed by atoms with Gasteiger partial charge < -0.3 is 5.32 Å². The van der Waals surface area contributed by atoms with E-state index in [1.165, 1.54) is 0 Å². The fraction of sp³-hybridized carbons (Fsp3) is 0.667. The van der Waals surface area contributed by atoms with Crippen LogP contribution in [0.2, 0.25) is 0 Å². The van der Waals surface area contributed by atoms with Gasteiger partial charge in [0.2, 0.25) is 5.91 Å². The molecule has 2 heterocycles. The number of nitrogens with one attached hydrogen (secondary N) is 1. The summed E-state index contributed by atoms with van der Waals surface area (Å²) in [4.78, 5) is 13.8. The first-order valence-corrected chi connectivity index (χ1v) is 8.30. The molecular formula is C12H20N4O3S. The van der Waals surface area contributed by atoms with E-state index in [1.807, 2.05) is 6.92 Å². The third-order valence-corrected chi connectivity index (χ3v) is 5.24. The topological polar surface area (TPSA) is 84.3 Å². The first-order chi connectivity index (χ1) is 9.27. The Balaban J connectivity index is 1.90. The molecule has 1 aliphatic rings. The second-order valence-electron chi connectivity index (χ2n) is 5.31. The molecule has 0 aliphatic carbocycles. The Kier molecular flexibility index (Phi) is 4.14. The lowest BCUT2D eigenvalue weighted by molar-refractivity contribution is -0.117. The number of nitrogens with zero attached hydrogens (tertiary/aromatic N) is 3. The number of aromatic nitrogens is 2. The second kappa shape index (κ2) is 5.53. The third-order valence-electron chi connectivity index (χ3n) is 3.49. The third kappa shape index (κ3) is 3.57. The molecule has 0 aromatic carbocycles. The monoisotopic (exact) mass is 300 g/mol. The maximum Gasteiger partial charge on any atom is 0.239 e. The number of carbonyl (C=O) groups excluding carboxylic acids is 1. The van der Waals surface area contributed by atoms with Crippen LogP contribution in [0.15, 0.2) is 6.07 Å². The van der Waals surface area contributed by atoms with Gasteiger partial charge in [0.15, 0.2) is 9.84 Å². The van der Waals surface area contributed by atoms with Crippen LogP contribution >= 0.6 is 0 Å². The van der Waals surface area contributed by atoms with Crippen LogP contribution < -0.4 is 5.32 Å². The number of amides is 1. The molecule has 1 aromatic heterocycles. The summed E-state index contributed by atoms with van der Waals surface area (Å²) in [5.41, 5.74) is 0.832. The summed E-state index contributed by atoms with van der Waals surface area (Å²) < 4.78 is 24.5. The molecular weight excluding hydrogens is 280 g/mol. The van der Waals surface area contributed by atoms with Gasteiger partial charge >= 0.3 is 0 Å². The van der Waals surface area contributed by atoms with E-state index in [0.717, 1.165) is 5.69 Å². The van der Waals surface area contributed by atoms with Crippen LogP contribution in [0.4, 0.5) is 5.82 Å². The lowest BCUT2D eigenvalue weighted by atomic mass is 10.2. The van der Waals surface area contributed by atoms with Gasteiger partial charge in [-0.2, -0.15) is 5.10 Å². The summed E-state index contributed by atoms with van der Waals surface area (Å²) in [6.07, 6.45) is 0.594. The molecule has 1 atom stereocenters. The molecule has 0 saturated carbocycles. The number of anilines is 1. The van der Waals surface area contributed by atoms with Gasteiger partial charge in [-0.15, -0.1) is 0 Å². The molecule has 7 nitrogen and oxygen atoms in total. The lowest BCUT2D eigenvalue weighted by Crippen LogP contribution is -2.38. The highest BCUT2D eigenvalue weighted by atomic mass is 32.2. The van der Waals surface area contributed by atoms with Gasteiger partial charge in [0.05, 0.1) is 23.7 Å². The molecule has 1 N–H and O–H groups in total. The zero-order valence-electron chi connectivity index (χ0n) is 12.0. The number of carbonyl (C=O) groups is 1. The van der Waals surface area contributed by atoms with Crippen LogP contribution in [0.3, 0.4) is 0 Å². The largest absolute Gasteiger partial charge is 0.310 e. The van der Waals surface area contributed by atoms with Crippen molar-refractivity contribution in [2.24, 2.45) is 7.05 Å². The Bertz CT molecular complexity index is 608. The van der Waals surface area contributed by atoms with E-state index < -0.39 is 9.84 Å². The first-order valence-electron chi connectivity index (χ1n) is 6.48.